The van der Waals surface area contributed by atoms with Crippen LogP contribution in [0.15, 0.2) is 0 Å². The molecule has 0 radical (unpaired) electrons. The Morgan fingerprint density at radius 3 is 0.944 bits per heavy atom. The van der Waals surface area contributed by atoms with E-state index in [1.807, 2.05) is 0 Å². The lowest BCUT2D eigenvalue weighted by Crippen LogP contribution is -2.67. The summed E-state index contributed by atoms with van der Waals surface area (Å²) in [6.07, 6.45) is -79.4. The number of carbonyl (C=O) groups is 2. The number of hydrogen-bond donors (Lipinski definition) is 25. The van der Waals surface area contributed by atoms with Crippen molar-refractivity contribution in [2.45, 2.75) is 240 Å². The average molecular weight is 1310 g/mol. The van der Waals surface area contributed by atoms with Crippen LogP contribution in [-0.2, 0) is 80.6 Å². The van der Waals surface area contributed by atoms with Crippen molar-refractivity contribution in [3.8, 4) is 0 Å². The molecule has 42 heteroatoms. The number of carboxylic acids is 2. The number of aliphatic carboxylic acids is 2. The average Bonchev–Trinajstić information content (AvgIpc) is 1.41. The summed E-state index contributed by atoms with van der Waals surface area (Å²) in [5, 5.41) is 265. The molecule has 0 aromatic rings. The summed E-state index contributed by atoms with van der Waals surface area (Å²) in [6, 6.07) is 0. The maximum Gasteiger partial charge on any atom is 0.335 e. The Kier molecular flexibility index (Phi) is 24.7. The topological polar surface area (TPSA) is 678 Å². The highest BCUT2D eigenvalue weighted by atomic mass is 16.8. The molecule has 0 aromatic carbocycles. The summed E-state index contributed by atoms with van der Waals surface area (Å²) in [4.78, 5) is 23.7. The van der Waals surface area contributed by atoms with Gasteiger partial charge in [0.15, 0.2) is 62.5 Å². The normalized spacial score (nSPS) is 52.5. The molecule has 0 aromatic heterocycles. The summed E-state index contributed by atoms with van der Waals surface area (Å²) in [6.45, 7) is -5.94. The molecule has 8 aliphatic rings. The Hall–Kier alpha value is -2.58. The van der Waals surface area contributed by atoms with Gasteiger partial charge >= 0.3 is 11.9 Å². The Morgan fingerprint density at radius 1 is 0.258 bits per heavy atom. The molecule has 0 spiro atoms. The molecular weight excluding hydrogens is 1240 g/mol. The number of aliphatic hydroxyl groups excluding tert-OH is 23. The monoisotopic (exact) mass is 1310 g/mol. The van der Waals surface area contributed by atoms with Gasteiger partial charge in [0.05, 0.1) is 39.6 Å². The lowest BCUT2D eigenvalue weighted by atomic mass is 9.95. The third-order valence-electron chi connectivity index (χ3n) is 16.2. The number of aliphatic hydroxyl groups is 23. The Labute approximate surface area is 498 Å². The van der Waals surface area contributed by atoms with E-state index in [9.17, 15) is 137 Å². The first-order chi connectivity index (χ1) is 42.0. The van der Waals surface area contributed by atoms with E-state index in [0.717, 1.165) is 0 Å². The van der Waals surface area contributed by atoms with Crippen LogP contribution in [0.3, 0.4) is 0 Å². The third-order valence-corrected chi connectivity index (χ3v) is 16.2. The third kappa shape index (κ3) is 14.9. The highest BCUT2D eigenvalue weighted by molar-refractivity contribution is 5.74. The zero-order valence-corrected chi connectivity index (χ0v) is 45.9. The first-order valence-electron chi connectivity index (χ1n) is 27.6. The molecular formula is C47H76O42. The van der Waals surface area contributed by atoms with Gasteiger partial charge in [0.25, 0.3) is 0 Å². The molecule has 516 valence electrons. The molecule has 8 saturated heterocycles. The molecule has 89 heavy (non-hydrogen) atoms. The SMILES string of the molecule is O=C(O)[C@H]1O[C@H](O[C@H]2[C@H](O)[C@@H](O)[C@H](O[C@H]3[C@H](O)[C@@H](O)[C@H](OC[C@H]4O[C@@H](OC[C@H]5O[C@@H](O[C@H]6[C@H](O)[C@@H](O)[C@H](O[C@H]7[C@H](O)[C@@H](O)[C@H](O[C@@H]8[C@@H](O)[C@H](O)O[C@H](CO)[C@@H]8O)O[C@@H]7CO)O[C@@H]6CO)[C@H](O)[C@@H](O)[C@@H]5O)[C@H](O)[C@@H](O)[C@@H]4O)O[C@@H]3CO)O[C@@H]2C(=O)O)[C@H](O)[C@@H]1O. The second-order valence-electron chi connectivity index (χ2n) is 22.0. The molecule has 0 saturated carbocycles. The van der Waals surface area contributed by atoms with Crippen LogP contribution in [0.2, 0.25) is 0 Å². The zero-order valence-electron chi connectivity index (χ0n) is 45.9. The van der Waals surface area contributed by atoms with Gasteiger partial charge in [0, 0.05) is 0 Å². The Balaban J connectivity index is 0.843. The van der Waals surface area contributed by atoms with Gasteiger partial charge in [-0.05, 0) is 0 Å². The number of hydrogen-bond acceptors (Lipinski definition) is 40. The first kappa shape index (κ1) is 72.3. The molecule has 0 unspecified atom stereocenters. The maximum absolute atomic E-state index is 12.3. The van der Waals surface area contributed by atoms with Crippen LogP contribution >= 0.6 is 0 Å². The second kappa shape index (κ2) is 30.4. The van der Waals surface area contributed by atoms with E-state index in [-0.39, 0.29) is 0 Å². The predicted octanol–water partition coefficient (Wildman–Crippen LogP) is -17.6. The Bertz CT molecular complexity index is 2240. The van der Waals surface area contributed by atoms with Crippen molar-refractivity contribution >= 4 is 11.9 Å². The van der Waals surface area contributed by atoms with Crippen molar-refractivity contribution < 1.29 is 208 Å². The molecule has 8 aliphatic heterocycles. The minimum Gasteiger partial charge on any atom is -0.479 e. The highest BCUT2D eigenvalue weighted by Gasteiger charge is 2.59. The fourth-order valence-corrected chi connectivity index (χ4v) is 11.0. The van der Waals surface area contributed by atoms with Crippen molar-refractivity contribution in [3.05, 3.63) is 0 Å². The van der Waals surface area contributed by atoms with Crippen LogP contribution in [-0.4, -0.2) is 419 Å². The molecule has 8 fully saturated rings. The summed E-state index contributed by atoms with van der Waals surface area (Å²) in [5.41, 5.74) is 0. The van der Waals surface area contributed by atoms with Crippen LogP contribution in [0.4, 0.5) is 0 Å². The summed E-state index contributed by atoms with van der Waals surface area (Å²) in [5.74, 6) is -3.64. The lowest BCUT2D eigenvalue weighted by molar-refractivity contribution is -0.389. The molecule has 0 amide bonds. The number of rotatable bonds is 22. The van der Waals surface area contributed by atoms with Crippen LogP contribution in [0.5, 0.6) is 0 Å². The second-order valence-corrected chi connectivity index (χ2v) is 22.0. The lowest BCUT2D eigenvalue weighted by Gasteiger charge is -2.49. The van der Waals surface area contributed by atoms with Crippen LogP contribution < -0.4 is 0 Å². The summed E-state index contributed by atoms with van der Waals surface area (Å²) >= 11 is 0. The van der Waals surface area contributed by atoms with E-state index in [2.05, 4.69) is 0 Å². The standard InChI is InChI=1S/C47H76O42/c48-1-7-15(54)34(30(69)40(74)77-7)86-45-27(66)20(59)33(10(4-51)80-45)84-44-26(65)19(58)32(9(3-50)79-44)83-43-24(63)17(56)14(53)12(82-43)6-75-41-23(62)16(55)13(52)11(81-41)5-76-42-25(64)18(57)31(8(2-49)78-42)85-46-28(67)21(60)35(37(89-46)39(72)73)87-47-29(68)22(61)36(88-47)38(70)71/h7-37,40-69,74H,1-6H2,(H,70,71)(H,72,73)/t7-,8-,9-,10-,11-,12-,13-,14-,15+,16+,17+,18-,19-,20-,21-,22+,23-,24-,25-,26-,27-,28-,29-,30-,31-,32-,33-,34+,35+,36+,37+,40-,41-,42-,43+,44+,45+,46-,47+/m1/s1. The van der Waals surface area contributed by atoms with Gasteiger partial charge in [0.2, 0.25) is 0 Å². The molecule has 8 rings (SSSR count). The Morgan fingerprint density at radius 2 is 0.551 bits per heavy atom. The largest absolute Gasteiger partial charge is 0.479 e. The zero-order chi connectivity index (χ0) is 65.5. The van der Waals surface area contributed by atoms with E-state index < -0.39 is 291 Å². The molecule has 42 nitrogen and oxygen atoms in total. The fraction of sp³-hybridized carbons (Fsp3) is 0.957. The van der Waals surface area contributed by atoms with Gasteiger partial charge in [-0.1, -0.05) is 0 Å². The quantitative estimate of drug-likeness (QED) is 0.0479. The molecule has 25 N–H and O–H groups in total. The van der Waals surface area contributed by atoms with E-state index in [0.29, 0.717) is 0 Å². The number of carboxylic acid groups (broad SMARTS) is 2. The molecule has 39 atom stereocenters. The van der Waals surface area contributed by atoms with Crippen LogP contribution in [0, 0.1) is 0 Å². The van der Waals surface area contributed by atoms with Crippen molar-refractivity contribution in [2.75, 3.05) is 39.6 Å². The summed E-state index contributed by atoms with van der Waals surface area (Å²) in [7, 11) is 0. The maximum atomic E-state index is 12.3. The van der Waals surface area contributed by atoms with E-state index >= 15 is 0 Å². The first-order valence-corrected chi connectivity index (χ1v) is 27.6. The van der Waals surface area contributed by atoms with Gasteiger partial charge in [-0.2, -0.15) is 0 Å². The molecule has 8 heterocycles. The van der Waals surface area contributed by atoms with Gasteiger partial charge in [0.1, 0.15) is 177 Å². The summed E-state index contributed by atoms with van der Waals surface area (Å²) < 4.78 is 81.6. The van der Waals surface area contributed by atoms with Crippen molar-refractivity contribution in [3.63, 3.8) is 0 Å². The highest BCUT2D eigenvalue weighted by Crippen LogP contribution is 2.37. The van der Waals surface area contributed by atoms with Crippen molar-refractivity contribution in [1.29, 1.82) is 0 Å². The number of ether oxygens (including phenoxy) is 15. The van der Waals surface area contributed by atoms with Gasteiger partial charge < -0.3 is 199 Å². The van der Waals surface area contributed by atoms with Gasteiger partial charge in [-0.3, -0.25) is 0 Å². The minimum absolute atomic E-state index is 0.858. The molecule has 0 bridgehead atoms. The smallest absolute Gasteiger partial charge is 0.335 e. The van der Waals surface area contributed by atoms with E-state index in [4.69, 9.17) is 71.1 Å². The van der Waals surface area contributed by atoms with E-state index in [1.54, 1.807) is 0 Å². The fourth-order valence-electron chi connectivity index (χ4n) is 11.0. The van der Waals surface area contributed by atoms with Gasteiger partial charge in [-0.15, -0.1) is 0 Å². The van der Waals surface area contributed by atoms with Crippen molar-refractivity contribution in [2.24, 2.45) is 0 Å². The van der Waals surface area contributed by atoms with E-state index in [1.165, 1.54) is 0 Å². The minimum atomic E-state index is -2.33. The van der Waals surface area contributed by atoms with Gasteiger partial charge in [-0.25, -0.2) is 9.59 Å². The van der Waals surface area contributed by atoms with Crippen LogP contribution in [0.1, 0.15) is 0 Å². The van der Waals surface area contributed by atoms with Crippen molar-refractivity contribution in [1.82, 2.24) is 0 Å². The molecule has 0 aliphatic carbocycles. The predicted molar refractivity (Wildman–Crippen MR) is 260 cm³/mol. The van der Waals surface area contributed by atoms with Crippen LogP contribution in [0.25, 0.3) is 0 Å².